The number of thioether (sulfide) groups is 1. The van der Waals surface area contributed by atoms with Gasteiger partial charge >= 0.3 is 5.97 Å². The third kappa shape index (κ3) is 5.36. The number of rotatable bonds is 7. The number of hydrogen-bond acceptors (Lipinski definition) is 6. The highest BCUT2D eigenvalue weighted by molar-refractivity contribution is 7.98. The zero-order valence-corrected chi connectivity index (χ0v) is 12.7. The zero-order valence-electron chi connectivity index (χ0n) is 11.8. The van der Waals surface area contributed by atoms with Crippen LogP contribution < -0.4 is 10.1 Å². The first-order valence-corrected chi connectivity index (χ1v) is 7.37. The van der Waals surface area contributed by atoms with Crippen LogP contribution in [0.3, 0.4) is 0 Å². The van der Waals surface area contributed by atoms with Crippen molar-refractivity contribution in [3.63, 3.8) is 0 Å². The van der Waals surface area contributed by atoms with Gasteiger partial charge in [0.2, 0.25) is 0 Å². The molecular weight excluding hydrogens is 292 g/mol. The number of benzene rings is 1. The SMILES string of the molecule is COc1cc(SC)ccc1C(=O)OCC(=O)NCCC#N. The molecule has 0 heterocycles. The van der Waals surface area contributed by atoms with E-state index in [2.05, 4.69) is 5.32 Å². The topological polar surface area (TPSA) is 88.4 Å². The Morgan fingerprint density at radius 2 is 2.19 bits per heavy atom. The van der Waals surface area contributed by atoms with Crippen LogP contribution in [0.2, 0.25) is 0 Å². The second kappa shape index (κ2) is 8.87. The lowest BCUT2D eigenvalue weighted by molar-refractivity contribution is -0.124. The second-order valence-electron chi connectivity index (χ2n) is 3.90. The molecule has 21 heavy (non-hydrogen) atoms. The molecule has 0 saturated carbocycles. The molecule has 6 nitrogen and oxygen atoms in total. The summed E-state index contributed by atoms with van der Waals surface area (Å²) in [5.41, 5.74) is 0.264. The minimum atomic E-state index is -0.630. The first-order valence-electron chi connectivity index (χ1n) is 6.15. The van der Waals surface area contributed by atoms with E-state index in [4.69, 9.17) is 14.7 Å². The Hall–Kier alpha value is -2.20. The second-order valence-corrected chi connectivity index (χ2v) is 4.78. The fourth-order valence-corrected chi connectivity index (χ4v) is 1.91. The van der Waals surface area contributed by atoms with Crippen molar-refractivity contribution in [1.29, 1.82) is 5.26 Å². The van der Waals surface area contributed by atoms with Crippen LogP contribution in [-0.4, -0.2) is 38.4 Å². The molecule has 0 radical (unpaired) electrons. The number of hydrogen-bond donors (Lipinski definition) is 1. The maximum Gasteiger partial charge on any atom is 0.342 e. The molecule has 7 heteroatoms. The zero-order chi connectivity index (χ0) is 15.7. The summed E-state index contributed by atoms with van der Waals surface area (Å²) in [5.74, 6) is -0.676. The van der Waals surface area contributed by atoms with Gasteiger partial charge in [-0.15, -0.1) is 11.8 Å². The largest absolute Gasteiger partial charge is 0.496 e. The van der Waals surface area contributed by atoms with E-state index in [0.29, 0.717) is 5.75 Å². The van der Waals surface area contributed by atoms with Crippen molar-refractivity contribution in [3.8, 4) is 11.8 Å². The van der Waals surface area contributed by atoms with E-state index >= 15 is 0 Å². The monoisotopic (exact) mass is 308 g/mol. The summed E-state index contributed by atoms with van der Waals surface area (Å²) < 4.78 is 10.1. The van der Waals surface area contributed by atoms with Crippen LogP contribution in [0, 0.1) is 11.3 Å². The van der Waals surface area contributed by atoms with Gasteiger partial charge in [-0.1, -0.05) is 0 Å². The van der Waals surface area contributed by atoms with Crippen molar-refractivity contribution in [2.24, 2.45) is 0 Å². The predicted molar refractivity (Wildman–Crippen MR) is 78.3 cm³/mol. The lowest BCUT2D eigenvalue weighted by Crippen LogP contribution is -2.29. The highest BCUT2D eigenvalue weighted by Crippen LogP contribution is 2.25. The summed E-state index contributed by atoms with van der Waals surface area (Å²) in [5, 5.41) is 10.8. The van der Waals surface area contributed by atoms with Crippen LogP contribution in [-0.2, 0) is 9.53 Å². The van der Waals surface area contributed by atoms with E-state index in [1.807, 2.05) is 12.3 Å². The molecule has 0 aliphatic carbocycles. The van der Waals surface area contributed by atoms with E-state index in [1.165, 1.54) is 18.9 Å². The molecule has 1 aromatic carbocycles. The van der Waals surface area contributed by atoms with Crippen LogP contribution in [0.1, 0.15) is 16.8 Å². The quantitative estimate of drug-likeness (QED) is 0.467. The minimum absolute atomic E-state index is 0.212. The Morgan fingerprint density at radius 3 is 2.81 bits per heavy atom. The molecule has 1 aromatic rings. The lowest BCUT2D eigenvalue weighted by Gasteiger charge is -2.10. The van der Waals surface area contributed by atoms with Crippen LogP contribution in [0.5, 0.6) is 5.75 Å². The van der Waals surface area contributed by atoms with Crippen molar-refractivity contribution in [3.05, 3.63) is 23.8 Å². The molecule has 0 saturated heterocycles. The minimum Gasteiger partial charge on any atom is -0.496 e. The van der Waals surface area contributed by atoms with Crippen LogP contribution in [0.15, 0.2) is 23.1 Å². The van der Waals surface area contributed by atoms with Gasteiger partial charge in [0.25, 0.3) is 5.91 Å². The molecule has 0 bridgehead atoms. The smallest absolute Gasteiger partial charge is 0.342 e. The predicted octanol–water partition coefficient (Wildman–Crippen LogP) is 1.60. The van der Waals surface area contributed by atoms with Gasteiger partial charge in [-0.2, -0.15) is 5.26 Å². The van der Waals surface area contributed by atoms with Crippen LogP contribution >= 0.6 is 11.8 Å². The number of ether oxygens (including phenoxy) is 2. The summed E-state index contributed by atoms with van der Waals surface area (Å²) >= 11 is 1.53. The Kier molecular flexibility index (Phi) is 7.12. The van der Waals surface area contributed by atoms with Gasteiger partial charge in [0.15, 0.2) is 6.61 Å². The third-order valence-corrected chi connectivity index (χ3v) is 3.25. The first-order chi connectivity index (χ1) is 10.1. The summed E-state index contributed by atoms with van der Waals surface area (Å²) in [7, 11) is 1.46. The summed E-state index contributed by atoms with van der Waals surface area (Å²) in [6.45, 7) is -0.156. The Morgan fingerprint density at radius 1 is 1.43 bits per heavy atom. The summed E-state index contributed by atoms with van der Waals surface area (Å²) in [6, 6.07) is 7.00. The molecule has 0 spiro atoms. The molecule has 0 fully saturated rings. The van der Waals surface area contributed by atoms with Gasteiger partial charge in [-0.05, 0) is 24.5 Å². The molecule has 0 aromatic heterocycles. The van der Waals surface area contributed by atoms with Crippen molar-refractivity contribution in [2.45, 2.75) is 11.3 Å². The third-order valence-electron chi connectivity index (χ3n) is 2.52. The van der Waals surface area contributed by atoms with Gasteiger partial charge in [0.1, 0.15) is 11.3 Å². The molecule has 1 N–H and O–H groups in total. The van der Waals surface area contributed by atoms with E-state index in [0.717, 1.165) is 4.90 Å². The number of carbonyl (C=O) groups is 2. The van der Waals surface area contributed by atoms with Crippen molar-refractivity contribution in [1.82, 2.24) is 5.32 Å². The molecule has 0 unspecified atom stereocenters. The highest BCUT2D eigenvalue weighted by Gasteiger charge is 2.15. The number of nitriles is 1. The van der Waals surface area contributed by atoms with E-state index in [-0.39, 0.29) is 18.5 Å². The summed E-state index contributed by atoms with van der Waals surface area (Å²) in [6.07, 6.45) is 2.13. The fourth-order valence-electron chi connectivity index (χ4n) is 1.48. The Labute approximate surface area is 127 Å². The highest BCUT2D eigenvalue weighted by atomic mass is 32.2. The van der Waals surface area contributed by atoms with E-state index in [9.17, 15) is 9.59 Å². The van der Waals surface area contributed by atoms with Crippen molar-refractivity contribution < 1.29 is 19.1 Å². The number of nitrogens with zero attached hydrogens (tertiary/aromatic N) is 1. The molecule has 0 aliphatic heterocycles. The van der Waals surface area contributed by atoms with Gasteiger partial charge in [-0.25, -0.2) is 4.79 Å². The average molecular weight is 308 g/mol. The molecule has 1 amide bonds. The van der Waals surface area contributed by atoms with E-state index in [1.54, 1.807) is 18.2 Å². The van der Waals surface area contributed by atoms with Crippen LogP contribution in [0.25, 0.3) is 0 Å². The standard InChI is InChI=1S/C14H16N2O4S/c1-19-12-8-10(21-2)4-5-11(12)14(18)20-9-13(17)16-7-3-6-15/h4-5,8H,3,7,9H2,1-2H3,(H,16,17). The normalized spacial score (nSPS) is 9.57. The van der Waals surface area contributed by atoms with Crippen molar-refractivity contribution >= 4 is 23.6 Å². The van der Waals surface area contributed by atoms with Gasteiger partial charge in [0.05, 0.1) is 19.6 Å². The van der Waals surface area contributed by atoms with Crippen LogP contribution in [0.4, 0.5) is 0 Å². The number of esters is 1. The Bertz CT molecular complexity index is 554. The lowest BCUT2D eigenvalue weighted by atomic mass is 10.2. The van der Waals surface area contributed by atoms with E-state index < -0.39 is 18.5 Å². The average Bonchev–Trinajstić information content (AvgIpc) is 2.52. The fraction of sp³-hybridized carbons (Fsp3) is 0.357. The Balaban J connectivity index is 2.60. The molecular formula is C14H16N2O4S. The molecule has 0 aliphatic rings. The molecule has 112 valence electrons. The van der Waals surface area contributed by atoms with Gasteiger partial charge < -0.3 is 14.8 Å². The maximum absolute atomic E-state index is 11.9. The summed E-state index contributed by atoms with van der Waals surface area (Å²) in [4.78, 5) is 24.2. The maximum atomic E-state index is 11.9. The van der Waals surface area contributed by atoms with Gasteiger partial charge in [0, 0.05) is 11.4 Å². The number of amides is 1. The molecule has 1 rings (SSSR count). The number of nitrogens with one attached hydrogen (secondary N) is 1. The first kappa shape index (κ1) is 16.9. The number of carbonyl (C=O) groups excluding carboxylic acids is 2. The van der Waals surface area contributed by atoms with Crippen molar-refractivity contribution in [2.75, 3.05) is 26.5 Å². The molecule has 0 atom stereocenters. The van der Waals surface area contributed by atoms with Gasteiger partial charge in [-0.3, -0.25) is 4.79 Å². The number of methoxy groups -OCH3 is 1.